The number of hydrogen-bond acceptors (Lipinski definition) is 4. The molecule has 0 radical (unpaired) electrons. The molecule has 0 atom stereocenters. The van der Waals surface area contributed by atoms with Crippen molar-refractivity contribution in [3.05, 3.63) is 29.8 Å². The summed E-state index contributed by atoms with van der Waals surface area (Å²) in [6.07, 6.45) is 3.16. The Morgan fingerprint density at radius 1 is 1.28 bits per heavy atom. The lowest BCUT2D eigenvalue weighted by Gasteiger charge is -2.42. The summed E-state index contributed by atoms with van der Waals surface area (Å²) in [4.78, 5) is 0.362. The smallest absolute Gasteiger partial charge is 0.175 e. The van der Waals surface area contributed by atoms with Crippen molar-refractivity contribution in [2.24, 2.45) is 5.73 Å². The largest absolute Gasteiger partial charge is 0.379 e. The quantitative estimate of drug-likeness (QED) is 0.869. The average molecular weight is 269 g/mol. The summed E-state index contributed by atoms with van der Waals surface area (Å²) in [5.74, 6) is 0. The molecule has 4 nitrogen and oxygen atoms in total. The normalized spacial score (nSPS) is 18.3. The summed E-state index contributed by atoms with van der Waals surface area (Å²) < 4.78 is 28.1. The molecule has 1 aliphatic rings. The lowest BCUT2D eigenvalue weighted by molar-refractivity contribution is -0.0649. The van der Waals surface area contributed by atoms with Gasteiger partial charge in [0.15, 0.2) is 9.84 Å². The Balaban J connectivity index is 2.23. The van der Waals surface area contributed by atoms with Gasteiger partial charge in [-0.05, 0) is 37.1 Å². The van der Waals surface area contributed by atoms with Crippen molar-refractivity contribution in [1.29, 1.82) is 0 Å². The summed E-state index contributed by atoms with van der Waals surface area (Å²) in [6, 6.07) is 7.14. The summed E-state index contributed by atoms with van der Waals surface area (Å²) in [7, 11) is -3.12. The van der Waals surface area contributed by atoms with Gasteiger partial charge < -0.3 is 10.5 Å². The minimum atomic E-state index is -3.12. The van der Waals surface area contributed by atoms with E-state index in [1.807, 2.05) is 12.1 Å². The number of nitrogens with two attached hydrogens (primary N) is 1. The predicted octanol–water partition coefficient (Wildman–Crippen LogP) is 1.10. The minimum absolute atomic E-state index is 0.0371. The van der Waals surface area contributed by atoms with Crippen LogP contribution in [-0.4, -0.2) is 34.4 Å². The van der Waals surface area contributed by atoms with E-state index in [4.69, 9.17) is 10.5 Å². The second-order valence-corrected chi connectivity index (χ2v) is 6.98. The zero-order chi connectivity index (χ0) is 13.2. The average Bonchev–Trinajstić information content (AvgIpc) is 2.27. The van der Waals surface area contributed by atoms with Crippen molar-refractivity contribution in [1.82, 2.24) is 0 Å². The number of benzene rings is 1. The first-order valence-electron chi connectivity index (χ1n) is 6.06. The van der Waals surface area contributed by atoms with Crippen LogP contribution in [0.1, 0.15) is 18.4 Å². The molecule has 1 fully saturated rings. The van der Waals surface area contributed by atoms with Gasteiger partial charge in [-0.25, -0.2) is 8.42 Å². The zero-order valence-corrected chi connectivity index (χ0v) is 11.4. The fourth-order valence-electron chi connectivity index (χ4n) is 2.30. The van der Waals surface area contributed by atoms with E-state index in [0.29, 0.717) is 24.7 Å². The van der Waals surface area contributed by atoms with E-state index in [0.717, 1.165) is 18.4 Å². The summed E-state index contributed by atoms with van der Waals surface area (Å²) in [5.41, 5.74) is 6.74. The Morgan fingerprint density at radius 3 is 2.28 bits per heavy atom. The molecule has 0 aromatic heterocycles. The van der Waals surface area contributed by atoms with Crippen molar-refractivity contribution in [3.8, 4) is 0 Å². The van der Waals surface area contributed by atoms with Crippen molar-refractivity contribution in [2.75, 3.05) is 26.0 Å². The van der Waals surface area contributed by atoms with Gasteiger partial charge in [-0.15, -0.1) is 0 Å². The fraction of sp³-hybridized carbons (Fsp3) is 0.538. The van der Waals surface area contributed by atoms with Crippen molar-refractivity contribution in [3.63, 3.8) is 0 Å². The molecule has 1 heterocycles. The molecule has 0 saturated carbocycles. The molecule has 18 heavy (non-hydrogen) atoms. The molecular formula is C13H19NO3S. The maximum Gasteiger partial charge on any atom is 0.175 e. The van der Waals surface area contributed by atoms with E-state index >= 15 is 0 Å². The highest BCUT2D eigenvalue weighted by molar-refractivity contribution is 7.90. The van der Waals surface area contributed by atoms with E-state index in [2.05, 4.69) is 0 Å². The van der Waals surface area contributed by atoms with Gasteiger partial charge in [0.2, 0.25) is 0 Å². The van der Waals surface area contributed by atoms with Crippen LogP contribution in [0, 0.1) is 0 Å². The molecule has 100 valence electrons. The topological polar surface area (TPSA) is 69.4 Å². The van der Waals surface area contributed by atoms with Gasteiger partial charge in [0, 0.05) is 11.7 Å². The Labute approximate surface area is 108 Å². The first-order valence-corrected chi connectivity index (χ1v) is 7.95. The van der Waals surface area contributed by atoms with Crippen LogP contribution in [0.3, 0.4) is 0 Å². The number of hydrogen-bond donors (Lipinski definition) is 1. The van der Waals surface area contributed by atoms with Crippen LogP contribution in [0.15, 0.2) is 29.2 Å². The van der Waals surface area contributed by atoms with Gasteiger partial charge in [-0.1, -0.05) is 12.1 Å². The molecular weight excluding hydrogens is 250 g/mol. The Morgan fingerprint density at radius 2 is 1.89 bits per heavy atom. The minimum Gasteiger partial charge on any atom is -0.379 e. The Hall–Kier alpha value is -0.910. The third kappa shape index (κ3) is 2.58. The van der Waals surface area contributed by atoms with Crippen molar-refractivity contribution < 1.29 is 13.2 Å². The van der Waals surface area contributed by atoms with E-state index in [9.17, 15) is 8.42 Å². The highest BCUT2D eigenvalue weighted by Crippen LogP contribution is 2.37. The molecule has 0 spiro atoms. The third-order valence-electron chi connectivity index (χ3n) is 3.51. The Bertz CT molecular complexity index is 504. The maximum atomic E-state index is 11.4. The molecule has 2 N–H and O–H groups in total. The summed E-state index contributed by atoms with van der Waals surface area (Å²) in [6.45, 7) is 2.07. The molecule has 2 rings (SSSR count). The van der Waals surface area contributed by atoms with Crippen LogP contribution in [0.2, 0.25) is 0 Å². The second kappa shape index (κ2) is 4.99. The number of sulfone groups is 1. The summed E-state index contributed by atoms with van der Waals surface area (Å²) >= 11 is 0. The van der Waals surface area contributed by atoms with E-state index < -0.39 is 9.84 Å². The molecule has 0 aliphatic carbocycles. The van der Waals surface area contributed by atoms with E-state index in [1.54, 1.807) is 12.1 Å². The molecule has 0 bridgehead atoms. The SMILES string of the molecule is CS(=O)(=O)c1ccc(C2(CCCN)COC2)cc1. The van der Waals surface area contributed by atoms with E-state index in [1.165, 1.54) is 6.26 Å². The van der Waals surface area contributed by atoms with Crippen LogP contribution in [0.25, 0.3) is 0 Å². The monoisotopic (exact) mass is 269 g/mol. The third-order valence-corrected chi connectivity index (χ3v) is 4.64. The van der Waals surface area contributed by atoms with E-state index in [-0.39, 0.29) is 5.41 Å². The highest BCUT2D eigenvalue weighted by atomic mass is 32.2. The molecule has 1 aliphatic heterocycles. The molecule has 1 aromatic rings. The molecule has 1 aromatic carbocycles. The van der Waals surface area contributed by atoms with Gasteiger partial charge in [-0.3, -0.25) is 0 Å². The van der Waals surface area contributed by atoms with Gasteiger partial charge >= 0.3 is 0 Å². The molecule has 1 saturated heterocycles. The maximum absolute atomic E-state index is 11.4. The van der Waals surface area contributed by atoms with Gasteiger partial charge in [0.05, 0.1) is 18.1 Å². The lowest BCUT2D eigenvalue weighted by Crippen LogP contribution is -2.47. The Kier molecular flexibility index (Phi) is 3.75. The number of rotatable bonds is 5. The lowest BCUT2D eigenvalue weighted by atomic mass is 9.75. The predicted molar refractivity (Wildman–Crippen MR) is 70.3 cm³/mol. The highest BCUT2D eigenvalue weighted by Gasteiger charge is 2.39. The van der Waals surface area contributed by atoms with Gasteiger partial charge in [-0.2, -0.15) is 0 Å². The first kappa shape index (κ1) is 13.5. The summed E-state index contributed by atoms with van der Waals surface area (Å²) in [5, 5.41) is 0. The standard InChI is InChI=1S/C13H19NO3S/c1-18(15,16)12-5-3-11(4-6-12)13(7-2-8-14)9-17-10-13/h3-6H,2,7-10,14H2,1H3. The van der Waals surface area contributed by atoms with Crippen LogP contribution < -0.4 is 5.73 Å². The molecule has 0 unspecified atom stereocenters. The second-order valence-electron chi connectivity index (χ2n) is 4.96. The fourth-order valence-corrected chi connectivity index (χ4v) is 2.93. The van der Waals surface area contributed by atoms with Crippen molar-refractivity contribution in [2.45, 2.75) is 23.2 Å². The molecule has 5 heteroatoms. The van der Waals surface area contributed by atoms with Crippen LogP contribution in [0.5, 0.6) is 0 Å². The van der Waals surface area contributed by atoms with Gasteiger partial charge in [0.1, 0.15) is 0 Å². The van der Waals surface area contributed by atoms with Crippen molar-refractivity contribution >= 4 is 9.84 Å². The van der Waals surface area contributed by atoms with Gasteiger partial charge in [0.25, 0.3) is 0 Å². The van der Waals surface area contributed by atoms with Crippen LogP contribution in [-0.2, 0) is 20.0 Å². The van der Waals surface area contributed by atoms with Crippen LogP contribution >= 0.6 is 0 Å². The number of ether oxygens (including phenoxy) is 1. The zero-order valence-electron chi connectivity index (χ0n) is 10.6. The first-order chi connectivity index (χ1) is 8.48. The van der Waals surface area contributed by atoms with Crippen LogP contribution in [0.4, 0.5) is 0 Å². The molecule has 0 amide bonds.